The maximum Gasteiger partial charge on any atom is 0.123 e. The van der Waals surface area contributed by atoms with Crippen molar-refractivity contribution >= 4 is 15.9 Å². The number of ether oxygens (including phenoxy) is 3. The quantitative estimate of drug-likeness (QED) is 0.781. The van der Waals surface area contributed by atoms with E-state index in [0.29, 0.717) is 19.8 Å². The van der Waals surface area contributed by atoms with Gasteiger partial charge in [-0.25, -0.2) is 0 Å². The minimum atomic E-state index is -0.0901. The van der Waals surface area contributed by atoms with Crippen molar-refractivity contribution in [2.24, 2.45) is 0 Å². The summed E-state index contributed by atoms with van der Waals surface area (Å²) in [5.41, 5.74) is 2.42. The van der Waals surface area contributed by atoms with Crippen LogP contribution in [0.3, 0.4) is 0 Å². The fraction of sp³-hybridized carbons (Fsp3) is 0.600. The number of alkyl halides is 1. The van der Waals surface area contributed by atoms with Gasteiger partial charge < -0.3 is 14.2 Å². The van der Waals surface area contributed by atoms with E-state index >= 15 is 0 Å². The van der Waals surface area contributed by atoms with Crippen molar-refractivity contribution in [3.8, 4) is 5.75 Å². The van der Waals surface area contributed by atoms with Crippen LogP contribution in [0, 0.1) is 0 Å². The van der Waals surface area contributed by atoms with Gasteiger partial charge in [-0.15, -0.1) is 0 Å². The average Bonchev–Trinajstić information content (AvgIpc) is 2.71. The largest absolute Gasteiger partial charge is 0.487 e. The van der Waals surface area contributed by atoms with Gasteiger partial charge in [0.15, 0.2) is 0 Å². The molecule has 3 rings (SSSR count). The molecule has 0 amide bonds. The van der Waals surface area contributed by atoms with E-state index in [-0.39, 0.29) is 16.5 Å². The molecule has 0 aliphatic carbocycles. The van der Waals surface area contributed by atoms with E-state index < -0.39 is 0 Å². The number of rotatable bonds is 2. The Kier molecular flexibility index (Phi) is 3.58. The van der Waals surface area contributed by atoms with Gasteiger partial charge in [-0.05, 0) is 31.0 Å². The Balaban J connectivity index is 1.79. The normalized spacial score (nSPS) is 26.6. The molecule has 2 atom stereocenters. The zero-order chi connectivity index (χ0) is 13.5. The molecule has 0 N–H and O–H groups in total. The Hall–Kier alpha value is -0.580. The zero-order valence-corrected chi connectivity index (χ0v) is 12.9. The number of fused-ring (bicyclic) bond motifs is 1. The molecule has 4 heteroatoms. The van der Waals surface area contributed by atoms with Crippen LogP contribution in [0.5, 0.6) is 5.75 Å². The topological polar surface area (TPSA) is 27.7 Å². The summed E-state index contributed by atoms with van der Waals surface area (Å²) in [7, 11) is 0. The molecule has 2 heterocycles. The lowest BCUT2D eigenvalue weighted by atomic mass is 9.98. The fourth-order valence-corrected chi connectivity index (χ4v) is 3.28. The second-order valence-corrected chi connectivity index (χ2v) is 6.78. The van der Waals surface area contributed by atoms with Crippen molar-refractivity contribution < 1.29 is 14.2 Å². The molecule has 3 nitrogen and oxygen atoms in total. The highest BCUT2D eigenvalue weighted by Gasteiger charge is 2.31. The smallest absolute Gasteiger partial charge is 0.123 e. The summed E-state index contributed by atoms with van der Waals surface area (Å²) in [6.07, 6.45) is 1.04. The highest BCUT2D eigenvalue weighted by Crippen LogP contribution is 2.38. The van der Waals surface area contributed by atoms with Crippen molar-refractivity contribution in [2.75, 3.05) is 19.8 Å². The Bertz CT molecular complexity index is 466. The molecular weight excluding hydrogens is 308 g/mol. The van der Waals surface area contributed by atoms with E-state index in [1.807, 2.05) is 0 Å². The summed E-state index contributed by atoms with van der Waals surface area (Å²) >= 11 is 3.74. The first-order chi connectivity index (χ1) is 9.05. The van der Waals surface area contributed by atoms with Crippen molar-refractivity contribution in [1.82, 2.24) is 0 Å². The predicted octanol–water partition coefficient (Wildman–Crippen LogP) is 3.25. The lowest BCUT2D eigenvalue weighted by molar-refractivity contribution is -0.0876. The molecule has 1 fully saturated rings. The summed E-state index contributed by atoms with van der Waals surface area (Å²) in [5, 5.41) is 0. The van der Waals surface area contributed by atoms with Crippen LogP contribution in [0.25, 0.3) is 0 Å². The van der Waals surface area contributed by atoms with Crippen LogP contribution in [-0.4, -0.2) is 31.5 Å². The van der Waals surface area contributed by atoms with E-state index in [1.54, 1.807) is 0 Å². The predicted molar refractivity (Wildman–Crippen MR) is 77.1 cm³/mol. The van der Waals surface area contributed by atoms with Gasteiger partial charge in [0.1, 0.15) is 11.4 Å². The zero-order valence-electron chi connectivity index (χ0n) is 11.3. The van der Waals surface area contributed by atoms with Crippen molar-refractivity contribution in [3.63, 3.8) is 0 Å². The third-order valence-electron chi connectivity index (χ3n) is 3.57. The first-order valence-electron chi connectivity index (χ1n) is 6.70. The second kappa shape index (κ2) is 5.08. The van der Waals surface area contributed by atoms with Crippen molar-refractivity contribution in [3.05, 3.63) is 29.3 Å². The molecule has 0 radical (unpaired) electrons. The molecule has 1 aromatic carbocycles. The van der Waals surface area contributed by atoms with E-state index in [4.69, 9.17) is 14.2 Å². The third kappa shape index (κ3) is 2.81. The van der Waals surface area contributed by atoms with Gasteiger partial charge >= 0.3 is 0 Å². The van der Waals surface area contributed by atoms with Gasteiger partial charge in [-0.1, -0.05) is 28.1 Å². The number of hydrogen-bond acceptors (Lipinski definition) is 3. The Morgan fingerprint density at radius 2 is 2.16 bits per heavy atom. The van der Waals surface area contributed by atoms with Crippen LogP contribution in [-0.2, 0) is 15.9 Å². The first kappa shape index (κ1) is 13.4. The highest BCUT2D eigenvalue weighted by molar-refractivity contribution is 9.09. The lowest BCUT2D eigenvalue weighted by Crippen LogP contribution is -2.31. The van der Waals surface area contributed by atoms with E-state index in [0.717, 1.165) is 12.2 Å². The Morgan fingerprint density at radius 3 is 2.89 bits per heavy atom. The molecule has 1 aromatic rings. The molecule has 0 aromatic heterocycles. The second-order valence-electron chi connectivity index (χ2n) is 5.79. The SMILES string of the molecule is CC1(C)Cc2cc(C(Br)C3COCCO3)ccc2O1. The summed E-state index contributed by atoms with van der Waals surface area (Å²) in [6, 6.07) is 6.40. The number of benzene rings is 1. The van der Waals surface area contributed by atoms with Gasteiger partial charge in [0.2, 0.25) is 0 Å². The van der Waals surface area contributed by atoms with Gasteiger partial charge in [-0.3, -0.25) is 0 Å². The lowest BCUT2D eigenvalue weighted by Gasteiger charge is -2.27. The average molecular weight is 327 g/mol. The molecule has 0 spiro atoms. The van der Waals surface area contributed by atoms with Crippen LogP contribution in [0.15, 0.2) is 18.2 Å². The third-order valence-corrected chi connectivity index (χ3v) is 4.69. The van der Waals surface area contributed by atoms with Crippen LogP contribution in [0.1, 0.15) is 29.8 Å². The molecule has 0 saturated carbocycles. The molecule has 0 bridgehead atoms. The van der Waals surface area contributed by atoms with E-state index in [9.17, 15) is 0 Å². The van der Waals surface area contributed by atoms with Crippen LogP contribution >= 0.6 is 15.9 Å². The Labute approximate surface area is 122 Å². The van der Waals surface area contributed by atoms with Crippen LogP contribution < -0.4 is 4.74 Å². The molecule has 2 unspecified atom stereocenters. The monoisotopic (exact) mass is 326 g/mol. The fourth-order valence-electron chi connectivity index (χ4n) is 2.69. The summed E-state index contributed by atoms with van der Waals surface area (Å²) in [5.74, 6) is 1.01. The first-order valence-corrected chi connectivity index (χ1v) is 7.62. The summed E-state index contributed by atoms with van der Waals surface area (Å²) in [4.78, 5) is 0.168. The van der Waals surface area contributed by atoms with Gasteiger partial charge in [0, 0.05) is 6.42 Å². The minimum Gasteiger partial charge on any atom is -0.487 e. The van der Waals surface area contributed by atoms with Gasteiger partial charge in [-0.2, -0.15) is 0 Å². The van der Waals surface area contributed by atoms with Crippen molar-refractivity contribution in [2.45, 2.75) is 36.8 Å². The molecule has 104 valence electrons. The standard InChI is InChI=1S/C15H19BrO3/c1-15(2)8-11-7-10(3-4-12(11)19-15)14(16)13-9-17-5-6-18-13/h3-4,7,13-14H,5-6,8-9H2,1-2H3. The molecule has 1 saturated heterocycles. The maximum atomic E-state index is 5.90. The Morgan fingerprint density at radius 1 is 1.32 bits per heavy atom. The summed E-state index contributed by atoms with van der Waals surface area (Å²) < 4.78 is 17.1. The van der Waals surface area contributed by atoms with E-state index in [2.05, 4.69) is 48.0 Å². The minimum absolute atomic E-state index is 0.0853. The highest BCUT2D eigenvalue weighted by atomic mass is 79.9. The number of hydrogen-bond donors (Lipinski definition) is 0. The molecular formula is C15H19BrO3. The molecule has 2 aliphatic rings. The van der Waals surface area contributed by atoms with Gasteiger partial charge in [0.05, 0.1) is 30.8 Å². The van der Waals surface area contributed by atoms with Crippen molar-refractivity contribution in [1.29, 1.82) is 0 Å². The van der Waals surface area contributed by atoms with Gasteiger partial charge in [0.25, 0.3) is 0 Å². The van der Waals surface area contributed by atoms with Crippen LogP contribution in [0.2, 0.25) is 0 Å². The summed E-state index contributed by atoms with van der Waals surface area (Å²) in [6.45, 7) is 6.26. The number of halogens is 1. The molecule has 19 heavy (non-hydrogen) atoms. The van der Waals surface area contributed by atoms with Crippen LogP contribution in [0.4, 0.5) is 0 Å². The van der Waals surface area contributed by atoms with E-state index in [1.165, 1.54) is 11.1 Å². The maximum absolute atomic E-state index is 5.90. The molecule has 2 aliphatic heterocycles.